The van der Waals surface area contributed by atoms with Gasteiger partial charge in [-0.15, -0.1) is 0 Å². The molecule has 1 saturated heterocycles. The fourth-order valence-electron chi connectivity index (χ4n) is 2.68. The van der Waals surface area contributed by atoms with Gasteiger partial charge in [-0.3, -0.25) is 4.79 Å². The number of aliphatic hydroxyl groups excluding tert-OH is 1. The minimum absolute atomic E-state index is 0.0582. The minimum atomic E-state index is -0.0582. The van der Waals surface area contributed by atoms with Crippen LogP contribution in [0.1, 0.15) is 23.3 Å². The normalized spacial score (nSPS) is 16.0. The Morgan fingerprint density at radius 2 is 2.09 bits per heavy atom. The predicted octanol–water partition coefficient (Wildman–Crippen LogP) is 2.37. The van der Waals surface area contributed by atoms with Gasteiger partial charge in [-0.25, -0.2) is 4.68 Å². The van der Waals surface area contributed by atoms with E-state index in [0.717, 1.165) is 18.5 Å². The van der Waals surface area contributed by atoms with Gasteiger partial charge in [-0.2, -0.15) is 5.10 Å². The summed E-state index contributed by atoms with van der Waals surface area (Å²) in [5.74, 6) is 0.255. The summed E-state index contributed by atoms with van der Waals surface area (Å²) in [7, 11) is 0. The number of nitrogens with zero attached hydrogens (tertiary/aromatic N) is 3. The lowest BCUT2D eigenvalue weighted by Crippen LogP contribution is -2.39. The predicted molar refractivity (Wildman–Crippen MR) is 84.3 cm³/mol. The van der Waals surface area contributed by atoms with Crippen LogP contribution in [0, 0.1) is 5.92 Å². The second-order valence-corrected chi connectivity index (χ2v) is 5.98. The van der Waals surface area contributed by atoms with Crippen molar-refractivity contribution in [3.63, 3.8) is 0 Å². The van der Waals surface area contributed by atoms with Gasteiger partial charge in [0.25, 0.3) is 5.91 Å². The number of rotatable bonds is 3. The van der Waals surface area contributed by atoms with Crippen molar-refractivity contribution in [2.45, 2.75) is 12.8 Å². The van der Waals surface area contributed by atoms with Crippen LogP contribution in [-0.2, 0) is 0 Å². The number of carbonyl (C=O) groups is 1. The number of hydrogen-bond donors (Lipinski definition) is 1. The third-order valence-electron chi connectivity index (χ3n) is 4.04. The maximum absolute atomic E-state index is 12.5. The molecule has 22 heavy (non-hydrogen) atoms. The number of aliphatic hydroxyl groups is 1. The van der Waals surface area contributed by atoms with Crippen LogP contribution in [0.2, 0.25) is 5.02 Å². The number of piperidine rings is 1. The SMILES string of the molecule is O=C(c1ccn(-c2cccc(Cl)c2)n1)N1CCC(CO)CC1. The molecule has 1 aliphatic rings. The quantitative estimate of drug-likeness (QED) is 0.945. The lowest BCUT2D eigenvalue weighted by atomic mass is 9.98. The molecule has 0 saturated carbocycles. The molecule has 2 heterocycles. The van der Waals surface area contributed by atoms with Crippen LogP contribution in [0.15, 0.2) is 36.5 Å². The molecule has 2 aromatic rings. The summed E-state index contributed by atoms with van der Waals surface area (Å²) in [6.45, 7) is 1.55. The van der Waals surface area contributed by atoms with E-state index in [1.54, 1.807) is 34.0 Å². The molecule has 0 bridgehead atoms. The number of amides is 1. The van der Waals surface area contributed by atoms with Crippen molar-refractivity contribution in [1.82, 2.24) is 14.7 Å². The van der Waals surface area contributed by atoms with Gasteiger partial charge in [0, 0.05) is 30.9 Å². The zero-order valence-electron chi connectivity index (χ0n) is 12.2. The van der Waals surface area contributed by atoms with E-state index in [0.29, 0.717) is 29.7 Å². The van der Waals surface area contributed by atoms with E-state index in [2.05, 4.69) is 5.10 Å². The second-order valence-electron chi connectivity index (χ2n) is 5.54. The Morgan fingerprint density at radius 1 is 1.32 bits per heavy atom. The Kier molecular flexibility index (Phi) is 4.45. The number of benzene rings is 1. The van der Waals surface area contributed by atoms with Gasteiger partial charge in [0.15, 0.2) is 5.69 Å². The number of likely N-dealkylation sites (tertiary alicyclic amines) is 1. The van der Waals surface area contributed by atoms with Gasteiger partial charge in [-0.1, -0.05) is 17.7 Å². The lowest BCUT2D eigenvalue weighted by molar-refractivity contribution is 0.0644. The fraction of sp³-hybridized carbons (Fsp3) is 0.375. The van der Waals surface area contributed by atoms with Gasteiger partial charge in [0.2, 0.25) is 0 Å². The first-order valence-corrected chi connectivity index (χ1v) is 7.77. The van der Waals surface area contributed by atoms with Crippen molar-refractivity contribution in [2.75, 3.05) is 19.7 Å². The largest absolute Gasteiger partial charge is 0.396 e. The maximum atomic E-state index is 12.5. The summed E-state index contributed by atoms with van der Waals surface area (Å²) < 4.78 is 1.65. The molecule has 1 aromatic heterocycles. The van der Waals surface area contributed by atoms with Crippen LogP contribution in [0.25, 0.3) is 5.69 Å². The highest BCUT2D eigenvalue weighted by atomic mass is 35.5. The van der Waals surface area contributed by atoms with Gasteiger partial charge < -0.3 is 10.0 Å². The maximum Gasteiger partial charge on any atom is 0.274 e. The molecule has 0 unspecified atom stereocenters. The van der Waals surface area contributed by atoms with Crippen molar-refractivity contribution in [2.24, 2.45) is 5.92 Å². The van der Waals surface area contributed by atoms with Crippen LogP contribution in [0.4, 0.5) is 0 Å². The molecule has 1 amide bonds. The summed E-state index contributed by atoms with van der Waals surface area (Å²) >= 11 is 5.98. The van der Waals surface area contributed by atoms with Crippen molar-refractivity contribution in [3.05, 3.63) is 47.2 Å². The van der Waals surface area contributed by atoms with E-state index < -0.39 is 0 Å². The van der Waals surface area contributed by atoms with Crippen molar-refractivity contribution in [1.29, 1.82) is 0 Å². The van der Waals surface area contributed by atoms with Crippen molar-refractivity contribution >= 4 is 17.5 Å². The van der Waals surface area contributed by atoms with E-state index in [9.17, 15) is 4.79 Å². The standard InChI is InChI=1S/C16H18ClN3O2/c17-13-2-1-3-14(10-13)20-9-6-15(18-20)16(22)19-7-4-12(11-21)5-8-19/h1-3,6,9-10,12,21H,4-5,7-8,11H2. The highest BCUT2D eigenvalue weighted by Crippen LogP contribution is 2.19. The molecule has 0 aliphatic carbocycles. The fourth-order valence-corrected chi connectivity index (χ4v) is 2.87. The molecule has 3 rings (SSSR count). The first kappa shape index (κ1) is 15.1. The molecule has 0 radical (unpaired) electrons. The Morgan fingerprint density at radius 3 is 2.77 bits per heavy atom. The molecule has 0 atom stereocenters. The van der Waals surface area contributed by atoms with E-state index in [-0.39, 0.29) is 12.5 Å². The van der Waals surface area contributed by atoms with Crippen molar-refractivity contribution < 1.29 is 9.90 Å². The Bertz CT molecular complexity index is 663. The number of carbonyl (C=O) groups excluding carboxylic acids is 1. The van der Waals surface area contributed by atoms with Crippen molar-refractivity contribution in [3.8, 4) is 5.69 Å². The summed E-state index contributed by atoms with van der Waals surface area (Å²) in [4.78, 5) is 14.3. The van der Waals surface area contributed by atoms with Gasteiger partial charge >= 0.3 is 0 Å². The third kappa shape index (κ3) is 3.15. The molecule has 0 spiro atoms. The van der Waals surface area contributed by atoms with Crippen LogP contribution >= 0.6 is 11.6 Å². The highest BCUT2D eigenvalue weighted by Gasteiger charge is 2.24. The van der Waals surface area contributed by atoms with E-state index in [1.807, 2.05) is 12.1 Å². The van der Waals surface area contributed by atoms with Crippen LogP contribution in [0.3, 0.4) is 0 Å². The lowest BCUT2D eigenvalue weighted by Gasteiger charge is -2.30. The van der Waals surface area contributed by atoms with E-state index in [4.69, 9.17) is 16.7 Å². The zero-order valence-corrected chi connectivity index (χ0v) is 12.9. The molecule has 1 N–H and O–H groups in total. The monoisotopic (exact) mass is 319 g/mol. The molecule has 116 valence electrons. The first-order valence-electron chi connectivity index (χ1n) is 7.39. The van der Waals surface area contributed by atoms with Gasteiger partial charge in [-0.05, 0) is 43.0 Å². The summed E-state index contributed by atoms with van der Waals surface area (Å²) in [5, 5.41) is 14.1. The smallest absolute Gasteiger partial charge is 0.274 e. The first-order chi connectivity index (χ1) is 10.7. The van der Waals surface area contributed by atoms with Gasteiger partial charge in [0.1, 0.15) is 0 Å². The molecule has 1 aliphatic heterocycles. The Hall–Kier alpha value is -1.85. The van der Waals surface area contributed by atoms with Gasteiger partial charge in [0.05, 0.1) is 5.69 Å². The second kappa shape index (κ2) is 6.50. The zero-order chi connectivity index (χ0) is 15.5. The topological polar surface area (TPSA) is 58.4 Å². The molecular formula is C16H18ClN3O2. The summed E-state index contributed by atoms with van der Waals surface area (Å²) in [6, 6.07) is 9.06. The van der Waals surface area contributed by atoms with E-state index in [1.165, 1.54) is 0 Å². The highest BCUT2D eigenvalue weighted by molar-refractivity contribution is 6.30. The number of aromatic nitrogens is 2. The third-order valence-corrected chi connectivity index (χ3v) is 4.28. The molecule has 6 heteroatoms. The summed E-state index contributed by atoms with van der Waals surface area (Å²) in [5.41, 5.74) is 1.26. The molecule has 5 nitrogen and oxygen atoms in total. The molecule has 1 fully saturated rings. The minimum Gasteiger partial charge on any atom is -0.396 e. The summed E-state index contributed by atoms with van der Waals surface area (Å²) in [6.07, 6.45) is 3.45. The van der Waals surface area contributed by atoms with Crippen LogP contribution in [-0.4, -0.2) is 45.4 Å². The number of halogens is 1. The molecular weight excluding hydrogens is 302 g/mol. The van der Waals surface area contributed by atoms with Crippen LogP contribution in [0.5, 0.6) is 0 Å². The Labute approximate surface area is 134 Å². The Balaban J connectivity index is 1.72. The van der Waals surface area contributed by atoms with E-state index >= 15 is 0 Å². The average Bonchev–Trinajstić information content (AvgIpc) is 3.04. The molecule has 1 aromatic carbocycles. The van der Waals surface area contributed by atoms with Crippen LogP contribution < -0.4 is 0 Å². The average molecular weight is 320 g/mol. The number of hydrogen-bond acceptors (Lipinski definition) is 3.